The zero-order valence-corrected chi connectivity index (χ0v) is 11.4. The molecule has 3 nitrogen and oxygen atoms in total. The highest BCUT2D eigenvalue weighted by Gasteiger charge is 2.28. The van der Waals surface area contributed by atoms with E-state index in [1.54, 1.807) is 0 Å². The third kappa shape index (κ3) is 2.83. The molecule has 3 heteroatoms. The molecule has 0 saturated carbocycles. The summed E-state index contributed by atoms with van der Waals surface area (Å²) >= 11 is 0. The third-order valence-electron chi connectivity index (χ3n) is 3.51. The summed E-state index contributed by atoms with van der Waals surface area (Å²) in [6.07, 6.45) is 3.80. The second-order valence-electron chi connectivity index (χ2n) is 5.35. The van der Waals surface area contributed by atoms with Crippen LogP contribution in [0, 0.1) is 13.8 Å². The molecule has 0 aliphatic carbocycles. The second kappa shape index (κ2) is 5.13. The minimum Gasteiger partial charge on any atom is -0.291 e. The van der Waals surface area contributed by atoms with E-state index in [2.05, 4.69) is 42.6 Å². The molecule has 1 aromatic heterocycles. The quantitative estimate of drug-likeness (QED) is 0.786. The first kappa shape index (κ1) is 12.5. The van der Waals surface area contributed by atoms with Crippen LogP contribution in [0.3, 0.4) is 0 Å². The van der Waals surface area contributed by atoms with Gasteiger partial charge in [-0.3, -0.25) is 4.90 Å². The third-order valence-corrected chi connectivity index (χ3v) is 3.51. The number of hydrogen-bond acceptors (Lipinski definition) is 3. The molecule has 0 bridgehead atoms. The molecule has 2 rings (SSSR count). The van der Waals surface area contributed by atoms with Crippen molar-refractivity contribution in [3.8, 4) is 0 Å². The van der Waals surface area contributed by atoms with E-state index in [9.17, 15) is 0 Å². The highest BCUT2D eigenvalue weighted by Crippen LogP contribution is 2.30. The first-order valence-electron chi connectivity index (χ1n) is 6.66. The highest BCUT2D eigenvalue weighted by molar-refractivity contribution is 5.11. The summed E-state index contributed by atoms with van der Waals surface area (Å²) in [4.78, 5) is 11.8. The van der Waals surface area contributed by atoms with Gasteiger partial charge in [0, 0.05) is 17.4 Å². The molecule has 1 saturated heterocycles. The Bertz CT molecular complexity index is 367. The molecule has 0 radical (unpaired) electrons. The van der Waals surface area contributed by atoms with Gasteiger partial charge >= 0.3 is 0 Å². The molecule has 17 heavy (non-hydrogen) atoms. The first-order chi connectivity index (χ1) is 8.08. The normalized spacial score (nSPS) is 22.1. The van der Waals surface area contributed by atoms with E-state index in [0.29, 0.717) is 12.1 Å². The lowest BCUT2D eigenvalue weighted by Gasteiger charge is -2.37. The fourth-order valence-corrected chi connectivity index (χ4v) is 2.75. The molecule has 0 spiro atoms. The minimum absolute atomic E-state index is 0.419. The number of rotatable bonds is 2. The zero-order valence-electron chi connectivity index (χ0n) is 11.4. The smallest absolute Gasteiger partial charge is 0.145 e. The largest absolute Gasteiger partial charge is 0.291 e. The van der Waals surface area contributed by atoms with Gasteiger partial charge in [-0.05, 0) is 53.1 Å². The second-order valence-corrected chi connectivity index (χ2v) is 5.35. The van der Waals surface area contributed by atoms with Crippen molar-refractivity contribution in [1.29, 1.82) is 0 Å². The van der Waals surface area contributed by atoms with E-state index < -0.39 is 0 Å². The molecular weight excluding hydrogens is 210 g/mol. The summed E-state index contributed by atoms with van der Waals surface area (Å²) in [6, 6.07) is 3.04. The van der Waals surface area contributed by atoms with Crippen molar-refractivity contribution in [2.24, 2.45) is 0 Å². The van der Waals surface area contributed by atoms with E-state index in [1.807, 2.05) is 6.07 Å². The zero-order chi connectivity index (χ0) is 12.4. The summed E-state index contributed by atoms with van der Waals surface area (Å²) < 4.78 is 0. The number of hydrogen-bond donors (Lipinski definition) is 0. The standard InChI is InChI=1S/C14H23N3/c1-10(2)17-8-6-5-7-13(17)14-15-11(3)9-12(4)16-14/h9-10,13H,5-8H2,1-4H3. The van der Waals surface area contributed by atoms with Crippen molar-refractivity contribution in [3.05, 3.63) is 23.3 Å². The predicted octanol–water partition coefficient (Wildman–Crippen LogP) is 3.03. The van der Waals surface area contributed by atoms with Crippen LogP contribution >= 0.6 is 0 Å². The maximum atomic E-state index is 4.64. The average Bonchev–Trinajstić information content (AvgIpc) is 2.27. The van der Waals surface area contributed by atoms with E-state index in [4.69, 9.17) is 0 Å². The highest BCUT2D eigenvalue weighted by atomic mass is 15.2. The summed E-state index contributed by atoms with van der Waals surface area (Å²) in [5, 5.41) is 0. The van der Waals surface area contributed by atoms with Crippen molar-refractivity contribution >= 4 is 0 Å². The molecule has 0 amide bonds. The van der Waals surface area contributed by atoms with Crippen LogP contribution in [-0.4, -0.2) is 27.5 Å². The van der Waals surface area contributed by atoms with E-state index in [-0.39, 0.29) is 0 Å². The number of likely N-dealkylation sites (tertiary alicyclic amines) is 1. The molecule has 1 atom stereocenters. The van der Waals surface area contributed by atoms with Gasteiger partial charge in [0.2, 0.25) is 0 Å². The van der Waals surface area contributed by atoms with Gasteiger partial charge in [-0.1, -0.05) is 6.42 Å². The van der Waals surface area contributed by atoms with Gasteiger partial charge in [-0.25, -0.2) is 9.97 Å². The van der Waals surface area contributed by atoms with Crippen LogP contribution in [0.15, 0.2) is 6.07 Å². The van der Waals surface area contributed by atoms with Crippen molar-refractivity contribution in [3.63, 3.8) is 0 Å². The van der Waals surface area contributed by atoms with Crippen LogP contribution in [-0.2, 0) is 0 Å². The van der Waals surface area contributed by atoms with Crippen molar-refractivity contribution in [1.82, 2.24) is 14.9 Å². The van der Waals surface area contributed by atoms with Gasteiger partial charge in [-0.2, -0.15) is 0 Å². The minimum atomic E-state index is 0.419. The first-order valence-corrected chi connectivity index (χ1v) is 6.66. The Kier molecular flexibility index (Phi) is 3.77. The Morgan fingerprint density at radius 2 is 1.82 bits per heavy atom. The Balaban J connectivity index is 2.29. The van der Waals surface area contributed by atoms with Crippen LogP contribution in [0.25, 0.3) is 0 Å². The summed E-state index contributed by atoms with van der Waals surface area (Å²) in [7, 11) is 0. The van der Waals surface area contributed by atoms with Crippen LogP contribution in [0.2, 0.25) is 0 Å². The Morgan fingerprint density at radius 1 is 1.18 bits per heavy atom. The molecule has 1 unspecified atom stereocenters. The summed E-state index contributed by atoms with van der Waals surface area (Å²) in [5.74, 6) is 1.02. The van der Waals surface area contributed by atoms with Crippen LogP contribution in [0.1, 0.15) is 56.4 Å². The Hall–Kier alpha value is -0.960. The molecule has 1 aliphatic rings. The summed E-state index contributed by atoms with van der Waals surface area (Å²) in [5.41, 5.74) is 2.17. The van der Waals surface area contributed by atoms with Gasteiger partial charge in [0.25, 0.3) is 0 Å². The Labute approximate surface area is 104 Å². The van der Waals surface area contributed by atoms with E-state index in [0.717, 1.165) is 17.2 Å². The fraction of sp³-hybridized carbons (Fsp3) is 0.714. The van der Waals surface area contributed by atoms with Gasteiger partial charge in [0.1, 0.15) is 5.82 Å². The Morgan fingerprint density at radius 3 is 2.41 bits per heavy atom. The average molecular weight is 233 g/mol. The van der Waals surface area contributed by atoms with Crippen molar-refractivity contribution in [2.75, 3.05) is 6.54 Å². The van der Waals surface area contributed by atoms with Gasteiger partial charge in [0.05, 0.1) is 6.04 Å². The molecule has 0 N–H and O–H groups in total. The van der Waals surface area contributed by atoms with Gasteiger partial charge in [0.15, 0.2) is 0 Å². The number of aryl methyl sites for hydroxylation is 2. The lowest BCUT2D eigenvalue weighted by Crippen LogP contribution is -2.39. The molecule has 0 aromatic carbocycles. The topological polar surface area (TPSA) is 29.0 Å². The molecule has 1 aliphatic heterocycles. The number of nitrogens with zero attached hydrogens (tertiary/aromatic N) is 3. The molecule has 94 valence electrons. The van der Waals surface area contributed by atoms with E-state index in [1.165, 1.54) is 25.8 Å². The lowest BCUT2D eigenvalue weighted by atomic mass is 9.99. The van der Waals surface area contributed by atoms with Gasteiger partial charge in [-0.15, -0.1) is 0 Å². The molecular formula is C14H23N3. The number of piperidine rings is 1. The molecule has 1 fully saturated rings. The fourth-order valence-electron chi connectivity index (χ4n) is 2.75. The van der Waals surface area contributed by atoms with Crippen LogP contribution in [0.5, 0.6) is 0 Å². The maximum absolute atomic E-state index is 4.64. The lowest BCUT2D eigenvalue weighted by molar-refractivity contribution is 0.106. The van der Waals surface area contributed by atoms with Crippen LogP contribution in [0.4, 0.5) is 0 Å². The summed E-state index contributed by atoms with van der Waals surface area (Å²) in [6.45, 7) is 9.82. The van der Waals surface area contributed by atoms with Crippen molar-refractivity contribution in [2.45, 2.75) is 59.0 Å². The predicted molar refractivity (Wildman–Crippen MR) is 69.9 cm³/mol. The maximum Gasteiger partial charge on any atom is 0.145 e. The molecule has 1 aromatic rings. The monoisotopic (exact) mass is 233 g/mol. The number of aromatic nitrogens is 2. The SMILES string of the molecule is Cc1cc(C)nc(C2CCCCN2C(C)C)n1. The van der Waals surface area contributed by atoms with Gasteiger partial charge < -0.3 is 0 Å². The molecule has 2 heterocycles. The van der Waals surface area contributed by atoms with E-state index >= 15 is 0 Å². The van der Waals surface area contributed by atoms with Crippen LogP contribution < -0.4 is 0 Å². The van der Waals surface area contributed by atoms with Crippen molar-refractivity contribution < 1.29 is 0 Å².